The van der Waals surface area contributed by atoms with Crippen LogP contribution in [0.3, 0.4) is 0 Å². The van der Waals surface area contributed by atoms with Crippen LogP contribution >= 0.6 is 23.2 Å². The molecule has 0 aliphatic rings. The molecule has 1 aromatic heterocycles. The number of benzene rings is 1. The minimum atomic E-state index is -3.79. The van der Waals surface area contributed by atoms with Gasteiger partial charge in [-0.25, -0.2) is 13.1 Å². The Morgan fingerprint density at radius 2 is 1.71 bits per heavy atom. The fourth-order valence-electron chi connectivity index (χ4n) is 1.79. The van der Waals surface area contributed by atoms with E-state index in [1.54, 1.807) is 12.4 Å². The molecule has 0 bridgehead atoms. The summed E-state index contributed by atoms with van der Waals surface area (Å²) in [6.07, 6.45) is 3.83. The van der Waals surface area contributed by atoms with Crippen LogP contribution < -0.4 is 10.5 Å². The Labute approximate surface area is 133 Å². The molecule has 0 spiro atoms. The lowest BCUT2D eigenvalue weighted by molar-refractivity contribution is 0.582. The Morgan fingerprint density at radius 1 is 1.14 bits per heavy atom. The van der Waals surface area contributed by atoms with E-state index in [1.807, 2.05) is 12.1 Å². The number of aromatic nitrogens is 1. The molecule has 3 N–H and O–H groups in total. The lowest BCUT2D eigenvalue weighted by atomic mass is 10.2. The molecule has 2 rings (SSSR count). The van der Waals surface area contributed by atoms with Gasteiger partial charge in [-0.2, -0.15) is 0 Å². The summed E-state index contributed by atoms with van der Waals surface area (Å²) in [5.41, 5.74) is 6.84. The molecule has 21 heavy (non-hydrogen) atoms. The van der Waals surface area contributed by atoms with Crippen LogP contribution in [0.25, 0.3) is 0 Å². The predicted octanol–water partition coefficient (Wildman–Crippen LogP) is 2.49. The quantitative estimate of drug-likeness (QED) is 0.815. The van der Waals surface area contributed by atoms with Crippen molar-refractivity contribution in [2.45, 2.75) is 11.3 Å². The minimum Gasteiger partial charge on any atom is -0.399 e. The highest BCUT2D eigenvalue weighted by molar-refractivity contribution is 7.89. The normalized spacial score (nSPS) is 11.5. The average molecular weight is 346 g/mol. The molecule has 2 aromatic rings. The van der Waals surface area contributed by atoms with Gasteiger partial charge in [0.1, 0.15) is 4.90 Å². The number of rotatable bonds is 5. The number of halogens is 2. The topological polar surface area (TPSA) is 85.1 Å². The van der Waals surface area contributed by atoms with E-state index < -0.39 is 10.0 Å². The Bertz CT molecular complexity index is 713. The third-order valence-electron chi connectivity index (χ3n) is 2.74. The van der Waals surface area contributed by atoms with Crippen LogP contribution in [0.1, 0.15) is 5.56 Å². The molecule has 1 heterocycles. The second-order valence-corrected chi connectivity index (χ2v) is 6.84. The SMILES string of the molecule is Nc1cc(Cl)c(S(=O)(=O)NCCc2ccncc2)c(Cl)c1. The van der Waals surface area contributed by atoms with Crippen molar-refractivity contribution in [1.82, 2.24) is 9.71 Å². The minimum absolute atomic E-state index is 0.00332. The van der Waals surface area contributed by atoms with Crippen LogP contribution in [0.15, 0.2) is 41.6 Å². The smallest absolute Gasteiger partial charge is 0.243 e. The van der Waals surface area contributed by atoms with Crippen molar-refractivity contribution in [3.8, 4) is 0 Å². The van der Waals surface area contributed by atoms with E-state index in [-0.39, 0.29) is 21.5 Å². The van der Waals surface area contributed by atoms with Crippen LogP contribution in [0, 0.1) is 0 Å². The maximum atomic E-state index is 12.2. The van der Waals surface area contributed by atoms with E-state index in [9.17, 15) is 8.42 Å². The molecule has 112 valence electrons. The molecule has 5 nitrogen and oxygen atoms in total. The van der Waals surface area contributed by atoms with Gasteiger partial charge in [0.15, 0.2) is 0 Å². The zero-order valence-corrected chi connectivity index (χ0v) is 13.2. The molecule has 0 saturated heterocycles. The second kappa shape index (κ2) is 6.62. The van der Waals surface area contributed by atoms with E-state index >= 15 is 0 Å². The van der Waals surface area contributed by atoms with Gasteiger partial charge in [-0.15, -0.1) is 0 Å². The summed E-state index contributed by atoms with van der Waals surface area (Å²) in [7, 11) is -3.79. The van der Waals surface area contributed by atoms with Crippen LogP contribution in [0.5, 0.6) is 0 Å². The molecular weight excluding hydrogens is 333 g/mol. The summed E-state index contributed by atoms with van der Waals surface area (Å²) in [6.45, 7) is 0.226. The first-order valence-corrected chi connectivity index (χ1v) is 8.27. The Morgan fingerprint density at radius 3 is 2.29 bits per heavy atom. The molecule has 0 aliphatic carbocycles. The van der Waals surface area contributed by atoms with Crippen LogP contribution in [0.4, 0.5) is 5.69 Å². The number of pyridine rings is 1. The van der Waals surface area contributed by atoms with Gasteiger partial charge >= 0.3 is 0 Å². The van der Waals surface area contributed by atoms with Crippen molar-refractivity contribution in [2.24, 2.45) is 0 Å². The molecule has 0 aliphatic heterocycles. The number of sulfonamides is 1. The second-order valence-electron chi connectivity index (χ2n) is 4.32. The van der Waals surface area contributed by atoms with Gasteiger partial charge in [-0.1, -0.05) is 23.2 Å². The van der Waals surface area contributed by atoms with Gasteiger partial charge in [-0.05, 0) is 36.2 Å². The average Bonchev–Trinajstić information content (AvgIpc) is 2.38. The molecule has 0 radical (unpaired) electrons. The van der Waals surface area contributed by atoms with Crippen molar-refractivity contribution in [2.75, 3.05) is 12.3 Å². The number of nitrogens with one attached hydrogen (secondary N) is 1. The van der Waals surface area contributed by atoms with Gasteiger partial charge in [0.25, 0.3) is 0 Å². The number of nitrogen functional groups attached to an aromatic ring is 1. The summed E-state index contributed by atoms with van der Waals surface area (Å²) in [5, 5.41) is -0.00665. The molecule has 1 aromatic carbocycles. The van der Waals surface area contributed by atoms with E-state index in [0.717, 1.165) is 5.56 Å². The van der Waals surface area contributed by atoms with Crippen molar-refractivity contribution < 1.29 is 8.42 Å². The fraction of sp³-hybridized carbons (Fsp3) is 0.154. The molecule has 8 heteroatoms. The highest BCUT2D eigenvalue weighted by atomic mass is 35.5. The third kappa shape index (κ3) is 4.07. The van der Waals surface area contributed by atoms with Gasteiger partial charge < -0.3 is 5.73 Å². The lowest BCUT2D eigenvalue weighted by Gasteiger charge is -2.10. The molecule has 0 amide bonds. The van der Waals surface area contributed by atoms with Crippen molar-refractivity contribution in [3.05, 3.63) is 52.3 Å². The Kier molecular flexibility index (Phi) is 5.05. The molecular formula is C13H13Cl2N3O2S. The number of hydrogen-bond donors (Lipinski definition) is 2. The number of anilines is 1. The maximum Gasteiger partial charge on any atom is 0.243 e. The zero-order valence-electron chi connectivity index (χ0n) is 10.9. The van der Waals surface area contributed by atoms with Crippen molar-refractivity contribution in [1.29, 1.82) is 0 Å². The summed E-state index contributed by atoms with van der Waals surface area (Å²) >= 11 is 11.8. The van der Waals surface area contributed by atoms with Gasteiger partial charge in [0.05, 0.1) is 10.0 Å². The molecule has 0 atom stereocenters. The number of nitrogens with two attached hydrogens (primary N) is 1. The zero-order chi connectivity index (χ0) is 15.5. The summed E-state index contributed by atoms with van der Waals surface area (Å²) < 4.78 is 27.0. The summed E-state index contributed by atoms with van der Waals surface area (Å²) in [5.74, 6) is 0. The summed E-state index contributed by atoms with van der Waals surface area (Å²) in [4.78, 5) is 3.74. The third-order valence-corrected chi connectivity index (χ3v) is 5.13. The van der Waals surface area contributed by atoms with Gasteiger partial charge in [-0.3, -0.25) is 4.98 Å². The largest absolute Gasteiger partial charge is 0.399 e. The highest BCUT2D eigenvalue weighted by Crippen LogP contribution is 2.31. The first-order valence-electron chi connectivity index (χ1n) is 6.03. The molecule has 0 unspecified atom stereocenters. The molecule has 0 saturated carbocycles. The standard InChI is InChI=1S/C13H13Cl2N3O2S/c14-11-7-10(16)8-12(15)13(11)21(19,20)18-6-3-9-1-4-17-5-2-9/h1-2,4-5,7-8,18H,3,6,16H2. The predicted molar refractivity (Wildman–Crippen MR) is 84.0 cm³/mol. The maximum absolute atomic E-state index is 12.2. The first kappa shape index (κ1) is 16.0. The van der Waals surface area contributed by atoms with Crippen LogP contribution in [-0.2, 0) is 16.4 Å². The first-order chi connectivity index (χ1) is 9.90. The Hall–Kier alpha value is -1.34. The lowest BCUT2D eigenvalue weighted by Crippen LogP contribution is -2.26. The van der Waals surface area contributed by atoms with Gasteiger partial charge in [0.2, 0.25) is 10.0 Å². The molecule has 0 fully saturated rings. The van der Waals surface area contributed by atoms with Crippen molar-refractivity contribution in [3.63, 3.8) is 0 Å². The summed E-state index contributed by atoms with van der Waals surface area (Å²) in [6, 6.07) is 6.34. The monoisotopic (exact) mass is 345 g/mol. The van der Waals surface area contributed by atoms with E-state index in [0.29, 0.717) is 12.1 Å². The van der Waals surface area contributed by atoms with E-state index in [1.165, 1.54) is 12.1 Å². The van der Waals surface area contributed by atoms with Crippen molar-refractivity contribution >= 4 is 38.9 Å². The van der Waals surface area contributed by atoms with E-state index in [4.69, 9.17) is 28.9 Å². The Balaban J connectivity index is 2.12. The number of nitrogens with zero attached hydrogens (tertiary/aromatic N) is 1. The van der Waals surface area contributed by atoms with Crippen LogP contribution in [0.2, 0.25) is 10.0 Å². The van der Waals surface area contributed by atoms with E-state index in [2.05, 4.69) is 9.71 Å². The fourth-order valence-corrected chi connectivity index (χ4v) is 4.05. The van der Waals surface area contributed by atoms with Gasteiger partial charge in [0, 0.05) is 24.6 Å². The van der Waals surface area contributed by atoms with Crippen LogP contribution in [-0.4, -0.2) is 19.9 Å². The number of hydrogen-bond acceptors (Lipinski definition) is 4. The highest BCUT2D eigenvalue weighted by Gasteiger charge is 2.21.